The fourth-order valence-electron chi connectivity index (χ4n) is 1.75. The third-order valence-corrected chi connectivity index (χ3v) is 3.26. The molecule has 0 aliphatic carbocycles. The summed E-state index contributed by atoms with van der Waals surface area (Å²) in [5, 5.41) is 4.48. The fourth-order valence-corrected chi connectivity index (χ4v) is 1.97. The molecule has 0 saturated carbocycles. The molecule has 108 valence electrons. The summed E-state index contributed by atoms with van der Waals surface area (Å²) < 4.78 is 5.16. The monoisotopic (exact) mass is 302 g/mol. The summed E-state index contributed by atoms with van der Waals surface area (Å²) in [6.07, 6.45) is 0. The quantitative estimate of drug-likeness (QED) is 0.694. The summed E-state index contributed by atoms with van der Waals surface area (Å²) in [5.74, 6) is 0.391. The number of methoxy groups -OCH3 is 1. The minimum Gasteiger partial charge on any atom is -0.497 e. The Morgan fingerprint density at radius 2 is 1.95 bits per heavy atom. The summed E-state index contributed by atoms with van der Waals surface area (Å²) in [6.45, 7) is 1.81. The van der Waals surface area contributed by atoms with E-state index in [0.29, 0.717) is 16.3 Å². The van der Waals surface area contributed by atoms with Gasteiger partial charge in [0.1, 0.15) is 5.75 Å². The van der Waals surface area contributed by atoms with Gasteiger partial charge in [0.05, 0.1) is 23.4 Å². The van der Waals surface area contributed by atoms with E-state index in [2.05, 4.69) is 10.5 Å². The van der Waals surface area contributed by atoms with Crippen LogP contribution in [0.3, 0.4) is 0 Å². The molecule has 0 fully saturated rings. The van der Waals surface area contributed by atoms with Crippen molar-refractivity contribution in [3.63, 3.8) is 0 Å². The highest BCUT2D eigenvalue weighted by Gasteiger charge is 2.08. The Balaban J connectivity index is 2.13. The van der Waals surface area contributed by atoms with Gasteiger partial charge >= 0.3 is 0 Å². The molecule has 0 saturated heterocycles. The molecule has 0 aromatic heterocycles. The number of nitrogens with one attached hydrogen (secondary N) is 1. The number of amides is 1. The molecule has 0 radical (unpaired) electrons. The second kappa shape index (κ2) is 6.90. The van der Waals surface area contributed by atoms with E-state index in [9.17, 15) is 4.79 Å². The molecule has 21 heavy (non-hydrogen) atoms. The van der Waals surface area contributed by atoms with Crippen LogP contribution in [-0.2, 0) is 0 Å². The number of hydrogen-bond donors (Lipinski definition) is 1. The first-order valence-electron chi connectivity index (χ1n) is 6.35. The highest BCUT2D eigenvalue weighted by molar-refractivity contribution is 6.33. The van der Waals surface area contributed by atoms with Crippen LogP contribution in [0, 0.1) is 0 Å². The SMILES string of the molecule is COc1cccc(C(C)=NNC(=O)c2ccccc2Cl)c1. The summed E-state index contributed by atoms with van der Waals surface area (Å²) in [6, 6.07) is 14.3. The van der Waals surface area contributed by atoms with Gasteiger partial charge in [0.25, 0.3) is 5.91 Å². The molecule has 1 N–H and O–H groups in total. The normalized spacial score (nSPS) is 11.1. The minimum absolute atomic E-state index is 0.345. The van der Waals surface area contributed by atoms with Gasteiger partial charge in [-0.1, -0.05) is 35.9 Å². The van der Waals surface area contributed by atoms with Gasteiger partial charge in [-0.25, -0.2) is 5.43 Å². The Morgan fingerprint density at radius 3 is 2.67 bits per heavy atom. The van der Waals surface area contributed by atoms with E-state index in [1.165, 1.54) is 0 Å². The van der Waals surface area contributed by atoms with Crippen molar-refractivity contribution < 1.29 is 9.53 Å². The number of rotatable bonds is 4. The van der Waals surface area contributed by atoms with Crippen LogP contribution in [0.4, 0.5) is 0 Å². The molecule has 0 aliphatic heterocycles. The van der Waals surface area contributed by atoms with Gasteiger partial charge in [-0.05, 0) is 31.2 Å². The first kappa shape index (κ1) is 15.1. The van der Waals surface area contributed by atoms with Crippen molar-refractivity contribution >= 4 is 23.2 Å². The van der Waals surface area contributed by atoms with Crippen molar-refractivity contribution in [1.29, 1.82) is 0 Å². The molecule has 0 aliphatic rings. The van der Waals surface area contributed by atoms with E-state index in [-0.39, 0.29) is 5.91 Å². The molecule has 2 aromatic rings. The maximum atomic E-state index is 12.0. The highest BCUT2D eigenvalue weighted by Crippen LogP contribution is 2.15. The number of benzene rings is 2. The van der Waals surface area contributed by atoms with Crippen molar-refractivity contribution in [3.8, 4) is 5.75 Å². The number of carbonyl (C=O) groups is 1. The van der Waals surface area contributed by atoms with Gasteiger partial charge < -0.3 is 4.74 Å². The van der Waals surface area contributed by atoms with E-state index in [4.69, 9.17) is 16.3 Å². The van der Waals surface area contributed by atoms with Crippen LogP contribution >= 0.6 is 11.6 Å². The van der Waals surface area contributed by atoms with Crippen LogP contribution in [0.5, 0.6) is 5.75 Å². The summed E-state index contributed by atoms with van der Waals surface area (Å²) in [7, 11) is 1.60. The molecule has 2 aromatic carbocycles. The molecule has 0 spiro atoms. The standard InChI is InChI=1S/C16H15ClN2O2/c1-11(12-6-5-7-13(10-12)21-2)18-19-16(20)14-8-3-4-9-15(14)17/h3-10H,1-2H3,(H,19,20). The van der Waals surface area contributed by atoms with Crippen LogP contribution in [0.2, 0.25) is 5.02 Å². The lowest BCUT2D eigenvalue weighted by atomic mass is 10.1. The van der Waals surface area contributed by atoms with Crippen molar-refractivity contribution in [3.05, 3.63) is 64.7 Å². The van der Waals surface area contributed by atoms with Gasteiger partial charge in [0.15, 0.2) is 0 Å². The van der Waals surface area contributed by atoms with Crippen LogP contribution in [-0.4, -0.2) is 18.7 Å². The molecule has 0 bridgehead atoms. The van der Waals surface area contributed by atoms with E-state index >= 15 is 0 Å². The molecule has 0 unspecified atom stereocenters. The third kappa shape index (κ3) is 3.83. The van der Waals surface area contributed by atoms with Crippen LogP contribution in [0.1, 0.15) is 22.8 Å². The molecule has 0 heterocycles. The molecule has 2 rings (SSSR count). The number of hydrogen-bond acceptors (Lipinski definition) is 3. The average molecular weight is 303 g/mol. The second-order valence-electron chi connectivity index (χ2n) is 4.35. The fraction of sp³-hybridized carbons (Fsp3) is 0.125. The topological polar surface area (TPSA) is 50.7 Å². The summed E-state index contributed by atoms with van der Waals surface area (Å²) in [4.78, 5) is 12.0. The predicted molar refractivity (Wildman–Crippen MR) is 84.1 cm³/mol. The third-order valence-electron chi connectivity index (χ3n) is 2.93. The lowest BCUT2D eigenvalue weighted by Gasteiger charge is -2.06. The van der Waals surface area contributed by atoms with Crippen LogP contribution < -0.4 is 10.2 Å². The molecule has 5 heteroatoms. The van der Waals surface area contributed by atoms with Crippen molar-refractivity contribution in [2.24, 2.45) is 5.10 Å². The van der Waals surface area contributed by atoms with Crippen LogP contribution in [0.25, 0.3) is 0 Å². The number of ether oxygens (including phenoxy) is 1. The average Bonchev–Trinajstić information content (AvgIpc) is 2.52. The molecule has 4 nitrogen and oxygen atoms in total. The van der Waals surface area contributed by atoms with E-state index in [1.54, 1.807) is 31.4 Å². The Kier molecular flexibility index (Phi) is 4.95. The van der Waals surface area contributed by atoms with E-state index in [0.717, 1.165) is 11.3 Å². The van der Waals surface area contributed by atoms with Crippen LogP contribution in [0.15, 0.2) is 53.6 Å². The van der Waals surface area contributed by atoms with Gasteiger partial charge in [-0.3, -0.25) is 4.79 Å². The lowest BCUT2D eigenvalue weighted by Crippen LogP contribution is -2.19. The maximum absolute atomic E-state index is 12.0. The summed E-state index contributed by atoms with van der Waals surface area (Å²) in [5.41, 5.74) is 4.43. The second-order valence-corrected chi connectivity index (χ2v) is 4.76. The number of carbonyl (C=O) groups excluding carboxylic acids is 1. The zero-order valence-corrected chi connectivity index (χ0v) is 12.5. The van der Waals surface area contributed by atoms with Crippen molar-refractivity contribution in [1.82, 2.24) is 5.43 Å². The van der Waals surface area contributed by atoms with Gasteiger partial charge in [0, 0.05) is 5.56 Å². The van der Waals surface area contributed by atoms with Gasteiger partial charge in [-0.15, -0.1) is 0 Å². The van der Waals surface area contributed by atoms with E-state index < -0.39 is 0 Å². The lowest BCUT2D eigenvalue weighted by molar-refractivity contribution is 0.0955. The zero-order valence-electron chi connectivity index (χ0n) is 11.8. The minimum atomic E-state index is -0.345. The number of hydrazone groups is 1. The zero-order chi connectivity index (χ0) is 15.2. The largest absolute Gasteiger partial charge is 0.497 e. The Morgan fingerprint density at radius 1 is 1.19 bits per heavy atom. The Labute approximate surface area is 128 Å². The van der Waals surface area contributed by atoms with Crippen molar-refractivity contribution in [2.75, 3.05) is 7.11 Å². The Hall–Kier alpha value is -2.33. The number of halogens is 1. The number of nitrogens with zero attached hydrogens (tertiary/aromatic N) is 1. The van der Waals surface area contributed by atoms with Crippen molar-refractivity contribution in [2.45, 2.75) is 6.92 Å². The molecular formula is C16H15ClN2O2. The molecule has 0 atom stereocenters. The highest BCUT2D eigenvalue weighted by atomic mass is 35.5. The van der Waals surface area contributed by atoms with E-state index in [1.807, 2.05) is 31.2 Å². The molecular weight excluding hydrogens is 288 g/mol. The Bertz CT molecular complexity index is 683. The first-order chi connectivity index (χ1) is 10.1. The summed E-state index contributed by atoms with van der Waals surface area (Å²) >= 11 is 5.97. The molecule has 1 amide bonds. The predicted octanol–water partition coefficient (Wildman–Crippen LogP) is 3.50. The van der Waals surface area contributed by atoms with Gasteiger partial charge in [0.2, 0.25) is 0 Å². The van der Waals surface area contributed by atoms with Gasteiger partial charge in [-0.2, -0.15) is 5.10 Å². The smallest absolute Gasteiger partial charge is 0.272 e. The maximum Gasteiger partial charge on any atom is 0.272 e. The first-order valence-corrected chi connectivity index (χ1v) is 6.73.